The Hall–Kier alpha value is -3.19. The normalized spacial score (nSPS) is 18.1. The van der Waals surface area contributed by atoms with Crippen LogP contribution in [0.1, 0.15) is 17.2 Å². The first-order valence-corrected chi connectivity index (χ1v) is 12.1. The summed E-state index contributed by atoms with van der Waals surface area (Å²) in [5, 5.41) is 17.8. The third-order valence-electron chi connectivity index (χ3n) is 6.30. The van der Waals surface area contributed by atoms with Crippen molar-refractivity contribution >= 4 is 23.4 Å². The fraction of sp³-hybridized carbons (Fsp3) is 0.360. The van der Waals surface area contributed by atoms with Gasteiger partial charge in [0.25, 0.3) is 0 Å². The Morgan fingerprint density at radius 2 is 1.92 bits per heavy atom. The van der Waals surface area contributed by atoms with Crippen LogP contribution in [0.3, 0.4) is 0 Å². The number of carbonyl (C=O) groups is 1. The number of urea groups is 1. The van der Waals surface area contributed by atoms with E-state index in [-0.39, 0.29) is 5.82 Å². The zero-order valence-electron chi connectivity index (χ0n) is 20.3. The molecule has 2 amide bonds. The molecule has 0 bridgehead atoms. The number of rotatable bonds is 9. The molecule has 2 unspecified atom stereocenters. The Bertz CT molecular complexity index is 1280. The minimum absolute atomic E-state index is 0.225. The van der Waals surface area contributed by atoms with Gasteiger partial charge in [-0.25, -0.2) is 18.3 Å². The minimum atomic E-state index is -3.75. The maximum atomic E-state index is 14.4. The Balaban J connectivity index is 1.61. The number of methoxy groups -OCH3 is 1. The third kappa shape index (κ3) is 5.93. The molecule has 0 spiro atoms. The highest BCUT2D eigenvalue weighted by atomic mass is 35.5. The number of ether oxygens (including phenoxy) is 1. The van der Waals surface area contributed by atoms with Gasteiger partial charge in [0.05, 0.1) is 18.3 Å². The monoisotopic (exact) mass is 555 g/mol. The molecule has 13 heteroatoms. The number of aliphatic hydroxyl groups excluding tert-OH is 1. The van der Waals surface area contributed by atoms with Crippen LogP contribution in [0.25, 0.3) is 5.69 Å². The zero-order valence-corrected chi connectivity index (χ0v) is 21.1. The molecule has 1 aliphatic rings. The highest BCUT2D eigenvalue weighted by Gasteiger charge is 2.40. The maximum absolute atomic E-state index is 14.4. The molecule has 38 heavy (non-hydrogen) atoms. The lowest BCUT2D eigenvalue weighted by Gasteiger charge is -2.21. The number of nitrogens with zero attached hydrogens (tertiary/aromatic N) is 3. The van der Waals surface area contributed by atoms with E-state index in [1.165, 1.54) is 6.07 Å². The molecule has 8 nitrogen and oxygen atoms in total. The van der Waals surface area contributed by atoms with Crippen LogP contribution in [0.4, 0.5) is 28.2 Å². The van der Waals surface area contributed by atoms with Crippen molar-refractivity contribution in [1.82, 2.24) is 20.0 Å². The number of halogens is 5. The Kier molecular flexibility index (Phi) is 8.56. The summed E-state index contributed by atoms with van der Waals surface area (Å²) < 4.78 is 62.4. The number of para-hydroxylation sites is 1. The van der Waals surface area contributed by atoms with E-state index in [4.69, 9.17) is 21.4 Å². The van der Waals surface area contributed by atoms with Crippen molar-refractivity contribution in [3.05, 3.63) is 76.4 Å². The van der Waals surface area contributed by atoms with Crippen molar-refractivity contribution in [1.29, 1.82) is 0 Å². The summed E-state index contributed by atoms with van der Waals surface area (Å²) in [6.45, 7) is 0.258. The lowest BCUT2D eigenvalue weighted by Crippen LogP contribution is -2.42. The van der Waals surface area contributed by atoms with Crippen molar-refractivity contribution in [3.63, 3.8) is 0 Å². The minimum Gasteiger partial charge on any atom is -0.390 e. The van der Waals surface area contributed by atoms with Gasteiger partial charge in [-0.2, -0.15) is 13.9 Å². The molecule has 4 rings (SSSR count). The zero-order chi connectivity index (χ0) is 27.4. The average molecular weight is 556 g/mol. The number of aliphatic hydroxyl groups is 1. The molecule has 2 aromatic carbocycles. The number of alkyl halides is 2. The summed E-state index contributed by atoms with van der Waals surface area (Å²) in [5.41, 5.74) is -0.0607. The van der Waals surface area contributed by atoms with Gasteiger partial charge in [-0.1, -0.05) is 35.9 Å². The highest BCUT2D eigenvalue weighted by Crippen LogP contribution is 2.38. The second kappa shape index (κ2) is 11.7. The Morgan fingerprint density at radius 1 is 1.18 bits per heavy atom. The van der Waals surface area contributed by atoms with Crippen molar-refractivity contribution in [3.8, 4) is 5.69 Å². The Morgan fingerprint density at radius 3 is 2.58 bits per heavy atom. The van der Waals surface area contributed by atoms with Crippen molar-refractivity contribution in [2.24, 2.45) is 0 Å². The number of nitrogens with one attached hydrogen (secondary N) is 2. The standard InChI is InChI=1S/C25H26ClF4N5O3/c1-38-10-9-34-12-17(15-7-8-18(27)19(28)11-15)20(13-34)31-24(37)32-23-21(26)22(25(29,30)14-36)33-35(23)16-5-3-2-4-6-16/h2-8,11,17,20,36H,9-10,12-14H2,1H3,(H2,31,32,37). The van der Waals surface area contributed by atoms with E-state index in [1.54, 1.807) is 37.4 Å². The SMILES string of the molecule is COCCN1CC(NC(=O)Nc2c(Cl)c(C(F)(F)CO)nn2-c2ccccc2)C(c2ccc(F)c(F)c2)C1. The van der Waals surface area contributed by atoms with E-state index < -0.39 is 52.9 Å². The van der Waals surface area contributed by atoms with Crippen LogP contribution in [0.2, 0.25) is 5.02 Å². The number of likely N-dealkylation sites (tertiary alicyclic amines) is 1. The van der Waals surface area contributed by atoms with Crippen molar-refractivity contribution in [2.45, 2.75) is 17.9 Å². The molecule has 1 saturated heterocycles. The van der Waals surface area contributed by atoms with Crippen LogP contribution >= 0.6 is 11.6 Å². The van der Waals surface area contributed by atoms with Gasteiger partial charge in [-0.15, -0.1) is 0 Å². The topological polar surface area (TPSA) is 91.7 Å². The highest BCUT2D eigenvalue weighted by molar-refractivity contribution is 6.34. The summed E-state index contributed by atoms with van der Waals surface area (Å²) in [5.74, 6) is -6.36. The number of benzene rings is 2. The largest absolute Gasteiger partial charge is 0.390 e. The summed E-state index contributed by atoms with van der Waals surface area (Å²) in [6.07, 6.45) is 0. The lowest BCUT2D eigenvalue weighted by molar-refractivity contribution is -0.0593. The Labute approximate surface area is 221 Å². The molecule has 0 saturated carbocycles. The molecule has 1 aromatic heterocycles. The second-order valence-corrected chi connectivity index (χ2v) is 9.24. The fourth-order valence-corrected chi connectivity index (χ4v) is 4.70. The van der Waals surface area contributed by atoms with E-state index in [1.807, 2.05) is 4.90 Å². The molecule has 1 aliphatic heterocycles. The smallest absolute Gasteiger partial charge is 0.320 e. The van der Waals surface area contributed by atoms with Gasteiger partial charge < -0.3 is 15.2 Å². The molecular weight excluding hydrogens is 530 g/mol. The van der Waals surface area contributed by atoms with Crippen LogP contribution < -0.4 is 10.6 Å². The van der Waals surface area contributed by atoms with E-state index in [2.05, 4.69) is 15.7 Å². The van der Waals surface area contributed by atoms with Gasteiger partial charge in [-0.3, -0.25) is 10.2 Å². The molecule has 3 N–H and O–H groups in total. The van der Waals surface area contributed by atoms with Crippen LogP contribution in [0, 0.1) is 11.6 Å². The third-order valence-corrected chi connectivity index (χ3v) is 6.66. The van der Waals surface area contributed by atoms with Crippen LogP contribution in [-0.2, 0) is 10.7 Å². The predicted molar refractivity (Wildman–Crippen MR) is 133 cm³/mol. The molecule has 0 aliphatic carbocycles. The lowest BCUT2D eigenvalue weighted by atomic mass is 9.94. The first-order chi connectivity index (χ1) is 18.1. The average Bonchev–Trinajstić information content (AvgIpc) is 3.45. The first kappa shape index (κ1) is 27.8. The van der Waals surface area contributed by atoms with Crippen LogP contribution in [-0.4, -0.2) is 71.8 Å². The molecule has 1 fully saturated rings. The summed E-state index contributed by atoms with van der Waals surface area (Å²) >= 11 is 6.22. The quantitative estimate of drug-likeness (QED) is 0.346. The predicted octanol–water partition coefficient (Wildman–Crippen LogP) is 4.12. The number of amides is 2. The fourth-order valence-electron chi connectivity index (χ4n) is 4.40. The van der Waals surface area contributed by atoms with Gasteiger partial charge in [0.2, 0.25) is 0 Å². The van der Waals surface area contributed by atoms with Gasteiger partial charge in [0.15, 0.2) is 23.1 Å². The number of hydrogen-bond acceptors (Lipinski definition) is 5. The molecule has 2 atom stereocenters. The van der Waals surface area contributed by atoms with Gasteiger partial charge in [0.1, 0.15) is 11.6 Å². The molecule has 2 heterocycles. The van der Waals surface area contributed by atoms with Crippen LogP contribution in [0.15, 0.2) is 48.5 Å². The number of anilines is 1. The number of aromatic nitrogens is 2. The van der Waals surface area contributed by atoms with Gasteiger partial charge in [-0.05, 0) is 29.8 Å². The maximum Gasteiger partial charge on any atom is 0.320 e. The summed E-state index contributed by atoms with van der Waals surface area (Å²) in [4.78, 5) is 15.1. The molecule has 3 aromatic rings. The number of carbonyl (C=O) groups excluding carboxylic acids is 1. The summed E-state index contributed by atoms with van der Waals surface area (Å²) in [7, 11) is 1.56. The molecular formula is C25H26ClF4N5O3. The number of hydrogen-bond donors (Lipinski definition) is 3. The molecule has 204 valence electrons. The van der Waals surface area contributed by atoms with Crippen molar-refractivity contribution < 1.29 is 32.2 Å². The second-order valence-electron chi connectivity index (χ2n) is 8.86. The van der Waals surface area contributed by atoms with E-state index >= 15 is 0 Å². The summed E-state index contributed by atoms with van der Waals surface area (Å²) in [6, 6.07) is 10.4. The van der Waals surface area contributed by atoms with E-state index in [0.717, 1.165) is 16.8 Å². The van der Waals surface area contributed by atoms with E-state index in [0.29, 0.717) is 37.5 Å². The van der Waals surface area contributed by atoms with Crippen molar-refractivity contribution in [2.75, 3.05) is 45.3 Å². The first-order valence-electron chi connectivity index (χ1n) is 11.7. The molecule has 0 radical (unpaired) electrons. The van der Waals surface area contributed by atoms with E-state index in [9.17, 15) is 22.4 Å². The van der Waals surface area contributed by atoms with Crippen LogP contribution in [0.5, 0.6) is 0 Å². The van der Waals surface area contributed by atoms with Gasteiger partial charge >= 0.3 is 12.0 Å². The van der Waals surface area contributed by atoms with Gasteiger partial charge in [0, 0.05) is 32.7 Å².